The molecule has 0 aromatic carbocycles. The first-order valence-electron chi connectivity index (χ1n) is 3.65. The lowest BCUT2D eigenvalue weighted by Gasteiger charge is -2.62. The van der Waals surface area contributed by atoms with Crippen molar-refractivity contribution >= 4 is 54.9 Å². The maximum atomic E-state index is 9.44. The lowest BCUT2D eigenvalue weighted by Crippen LogP contribution is -2.85. The van der Waals surface area contributed by atoms with Gasteiger partial charge in [-0.15, -0.1) is 0 Å². The van der Waals surface area contributed by atoms with Crippen molar-refractivity contribution in [2.45, 2.75) is 21.8 Å². The predicted molar refractivity (Wildman–Crippen MR) is 57.6 cm³/mol. The van der Waals surface area contributed by atoms with E-state index in [0.717, 1.165) is 0 Å². The third-order valence-electron chi connectivity index (χ3n) is 1.98. The van der Waals surface area contributed by atoms with Crippen molar-refractivity contribution in [1.29, 1.82) is 0 Å². The van der Waals surface area contributed by atoms with Crippen LogP contribution in [0.2, 0.25) is 0 Å². The van der Waals surface area contributed by atoms with E-state index < -0.39 is 21.8 Å². The molecule has 1 saturated heterocycles. The van der Waals surface area contributed by atoms with Crippen LogP contribution in [0.1, 0.15) is 0 Å². The fraction of sp³-hybridized carbons (Fsp3) is 1.00. The minimum Gasteiger partial charge on any atom is -0.375 e. The fourth-order valence-electron chi connectivity index (χ4n) is 0.956. The summed E-state index contributed by atoms with van der Waals surface area (Å²) < 4.78 is 4.62. The van der Waals surface area contributed by atoms with Gasteiger partial charge in [0.1, 0.15) is 5.69 Å². The highest BCUT2D eigenvalue weighted by molar-refractivity contribution is 6.56. The van der Waals surface area contributed by atoms with Crippen molar-refractivity contribution in [2.75, 3.05) is 0 Å². The maximum absolute atomic E-state index is 9.44. The second-order valence-electron chi connectivity index (χ2n) is 3.45. The van der Waals surface area contributed by atoms with Crippen LogP contribution < -0.4 is 5.32 Å². The van der Waals surface area contributed by atoms with Gasteiger partial charge in [-0.05, 0) is 16.1 Å². The first kappa shape index (κ1) is 12.4. The second kappa shape index (κ2) is 2.93. The van der Waals surface area contributed by atoms with Gasteiger partial charge in [0.25, 0.3) is 0 Å². The van der Waals surface area contributed by atoms with E-state index in [1.165, 1.54) is 0 Å². The zero-order chi connectivity index (χ0) is 11.4. The third-order valence-corrected chi connectivity index (χ3v) is 1.98. The van der Waals surface area contributed by atoms with Crippen molar-refractivity contribution in [3.05, 3.63) is 0 Å². The molecule has 1 aliphatic rings. The molecular weight excluding hydrogens is 170 g/mol. The molecule has 14 radical (unpaired) electrons. The van der Waals surface area contributed by atoms with Crippen molar-refractivity contribution < 1.29 is 9.84 Å². The zero-order valence-corrected chi connectivity index (χ0v) is 7.40. The van der Waals surface area contributed by atoms with Crippen LogP contribution in [-0.4, -0.2) is 81.8 Å². The molecule has 1 unspecified atom stereocenters. The van der Waals surface area contributed by atoms with Crippen LogP contribution in [0.3, 0.4) is 0 Å². The highest BCUT2D eigenvalue weighted by Gasteiger charge is 2.53. The first-order valence-corrected chi connectivity index (χ1v) is 3.65. The molecule has 0 bridgehead atoms. The number of hydrogen-bond acceptors (Lipinski definition) is 3. The van der Waals surface area contributed by atoms with Crippen molar-refractivity contribution in [3.8, 4) is 0 Å². The zero-order valence-electron chi connectivity index (χ0n) is 7.40. The lowest BCUT2D eigenvalue weighted by atomic mass is 9.35. The van der Waals surface area contributed by atoms with Crippen molar-refractivity contribution in [3.63, 3.8) is 0 Å². The van der Waals surface area contributed by atoms with Gasteiger partial charge in [-0.2, -0.15) is 0 Å². The molecule has 0 spiro atoms. The summed E-state index contributed by atoms with van der Waals surface area (Å²) in [5.74, 6) is 0. The average molecular weight is 172 g/mol. The number of morpholine rings is 1. The van der Waals surface area contributed by atoms with Crippen LogP contribution in [0, 0.1) is 0 Å². The van der Waals surface area contributed by atoms with E-state index >= 15 is 0 Å². The molecule has 0 aliphatic carbocycles. The number of ether oxygens (including phenoxy) is 1. The quantitative estimate of drug-likeness (QED) is 0.361. The molecule has 1 atom stereocenters. The molecule has 0 aromatic heterocycles. The van der Waals surface area contributed by atoms with Gasteiger partial charge in [0.05, 0.1) is 47.1 Å². The van der Waals surface area contributed by atoms with Crippen molar-refractivity contribution in [2.24, 2.45) is 0 Å². The Hall–Kier alpha value is 0.335. The van der Waals surface area contributed by atoms with E-state index in [1.807, 2.05) is 0 Å². The SMILES string of the molecule is [B]C1([B])NC([B])([B])C([B])(O)OC1([B])[B]. The highest BCUT2D eigenvalue weighted by Crippen LogP contribution is 2.31. The molecule has 10 heteroatoms. The fourth-order valence-corrected chi connectivity index (χ4v) is 0.956. The summed E-state index contributed by atoms with van der Waals surface area (Å²) in [7, 11) is 37.4. The Kier molecular flexibility index (Phi) is 2.59. The van der Waals surface area contributed by atoms with Crippen LogP contribution in [0.15, 0.2) is 0 Å². The van der Waals surface area contributed by atoms with Gasteiger partial charge in [-0.1, -0.05) is 0 Å². The standard InChI is InChI=1S/C4H2B7NO2/c5-1(6)3(9,10)14-4(11,13)2(7,8)12-1/h12-13H. The van der Waals surface area contributed by atoms with Crippen LogP contribution in [-0.2, 0) is 4.74 Å². The van der Waals surface area contributed by atoms with Gasteiger partial charge < -0.3 is 15.2 Å². The van der Waals surface area contributed by atoms with Gasteiger partial charge in [0.15, 0.2) is 7.85 Å². The molecule has 1 rings (SSSR count). The van der Waals surface area contributed by atoms with Crippen molar-refractivity contribution in [1.82, 2.24) is 5.32 Å². The Balaban J connectivity index is 3.07. The van der Waals surface area contributed by atoms with Crippen LogP contribution in [0.25, 0.3) is 0 Å². The van der Waals surface area contributed by atoms with E-state index in [2.05, 4.69) is 10.1 Å². The molecule has 0 amide bonds. The number of hydrogen-bond donors (Lipinski definition) is 2. The minimum atomic E-state index is -2.50. The largest absolute Gasteiger partial charge is 0.375 e. The van der Waals surface area contributed by atoms with Crippen LogP contribution in [0.5, 0.6) is 0 Å². The highest BCUT2D eigenvalue weighted by atomic mass is 16.6. The van der Waals surface area contributed by atoms with E-state index in [9.17, 15) is 5.11 Å². The van der Waals surface area contributed by atoms with Gasteiger partial charge in [-0.25, -0.2) is 0 Å². The normalized spacial score (nSPS) is 38.9. The minimum absolute atomic E-state index is 1.94. The Bertz CT molecular complexity index is 202. The Morgan fingerprint density at radius 2 is 1.29 bits per heavy atom. The summed E-state index contributed by atoms with van der Waals surface area (Å²) in [6.07, 6.45) is 0. The summed E-state index contributed by atoms with van der Waals surface area (Å²) in [6, 6.07) is 0. The van der Waals surface area contributed by atoms with E-state index in [0.29, 0.717) is 0 Å². The molecule has 56 valence electrons. The predicted octanol–water partition coefficient (Wildman–Crippen LogP) is -4.61. The maximum Gasteiger partial charge on any atom is 0.154 e. The second-order valence-corrected chi connectivity index (χ2v) is 3.45. The number of aliphatic hydroxyl groups is 1. The molecular formula is C4H2B7NO2. The Labute approximate surface area is 92.3 Å². The lowest BCUT2D eigenvalue weighted by molar-refractivity contribution is -0.206. The number of nitrogens with one attached hydrogen (secondary N) is 1. The first-order chi connectivity index (χ1) is 5.91. The number of rotatable bonds is 0. The molecule has 1 heterocycles. The summed E-state index contributed by atoms with van der Waals surface area (Å²) in [4.78, 5) is 0. The Morgan fingerprint density at radius 1 is 0.857 bits per heavy atom. The Morgan fingerprint density at radius 3 is 1.64 bits per heavy atom. The summed E-state index contributed by atoms with van der Waals surface area (Å²) in [6.45, 7) is 0. The molecule has 2 N–H and O–H groups in total. The van der Waals surface area contributed by atoms with E-state index in [-0.39, 0.29) is 0 Å². The van der Waals surface area contributed by atoms with E-state index in [1.54, 1.807) is 0 Å². The monoisotopic (exact) mass is 173 g/mol. The molecule has 14 heavy (non-hydrogen) atoms. The molecule has 3 nitrogen and oxygen atoms in total. The molecule has 0 saturated carbocycles. The summed E-state index contributed by atoms with van der Waals surface area (Å²) in [5, 5.41) is 5.46. The van der Waals surface area contributed by atoms with Crippen LogP contribution in [0.4, 0.5) is 0 Å². The van der Waals surface area contributed by atoms with Crippen LogP contribution >= 0.6 is 0 Å². The molecule has 0 aromatic rings. The molecule has 1 aliphatic heterocycles. The smallest absolute Gasteiger partial charge is 0.154 e. The third kappa shape index (κ3) is 1.72. The van der Waals surface area contributed by atoms with Gasteiger partial charge in [0.2, 0.25) is 0 Å². The molecule has 1 fully saturated rings. The van der Waals surface area contributed by atoms with Gasteiger partial charge in [-0.3, -0.25) is 0 Å². The van der Waals surface area contributed by atoms with Gasteiger partial charge >= 0.3 is 0 Å². The average Bonchev–Trinajstić information content (AvgIpc) is 1.78. The summed E-state index contributed by atoms with van der Waals surface area (Å²) >= 11 is 0. The van der Waals surface area contributed by atoms with E-state index in [4.69, 9.17) is 54.9 Å². The topological polar surface area (TPSA) is 41.5 Å². The van der Waals surface area contributed by atoms with Gasteiger partial charge in [0, 0.05) is 0 Å². The summed E-state index contributed by atoms with van der Waals surface area (Å²) in [5.41, 5.74) is -2.50.